The van der Waals surface area contributed by atoms with Crippen LogP contribution in [0.2, 0.25) is 0 Å². The van der Waals surface area contributed by atoms with Gasteiger partial charge < -0.3 is 11.5 Å². The molecule has 0 aliphatic heterocycles. The summed E-state index contributed by atoms with van der Waals surface area (Å²) < 4.78 is 0. The Morgan fingerprint density at radius 3 is 2.67 bits per heavy atom. The minimum atomic E-state index is -0.0487. The van der Waals surface area contributed by atoms with Crippen molar-refractivity contribution in [2.45, 2.75) is 25.3 Å². The zero-order valence-electron chi connectivity index (χ0n) is 8.82. The molecule has 80 valence electrons. The van der Waals surface area contributed by atoms with Gasteiger partial charge in [0.2, 0.25) is 0 Å². The Labute approximate surface area is 90.7 Å². The molecule has 1 atom stereocenters. The Hall–Kier alpha value is -1.37. The molecule has 3 heteroatoms. The van der Waals surface area contributed by atoms with Gasteiger partial charge in [0.1, 0.15) is 0 Å². The second-order valence-corrected chi connectivity index (χ2v) is 3.59. The minimum Gasteiger partial charge on any atom is -0.330 e. The molecule has 0 radical (unpaired) electrons. The highest BCUT2D eigenvalue weighted by Gasteiger charge is 2.09. The first kappa shape index (κ1) is 11.7. The first-order valence-corrected chi connectivity index (χ1v) is 5.24. The van der Waals surface area contributed by atoms with Gasteiger partial charge in [-0.3, -0.25) is 0 Å². The van der Waals surface area contributed by atoms with Crippen LogP contribution in [-0.2, 0) is 0 Å². The Bertz CT molecular complexity index is 341. The van der Waals surface area contributed by atoms with Crippen LogP contribution in [0, 0.1) is 11.3 Å². The Balaban J connectivity index is 2.65. The average Bonchev–Trinajstić information content (AvgIpc) is 2.29. The fraction of sp³-hybridized carbons (Fsp3) is 0.417. The van der Waals surface area contributed by atoms with Crippen LogP contribution >= 0.6 is 0 Å². The van der Waals surface area contributed by atoms with Gasteiger partial charge in [-0.15, -0.1) is 0 Å². The van der Waals surface area contributed by atoms with Crippen LogP contribution in [0.3, 0.4) is 0 Å². The monoisotopic (exact) mass is 203 g/mol. The minimum absolute atomic E-state index is 0.0487. The molecule has 0 spiro atoms. The van der Waals surface area contributed by atoms with Gasteiger partial charge in [-0.1, -0.05) is 24.6 Å². The molecule has 3 nitrogen and oxygen atoms in total. The van der Waals surface area contributed by atoms with E-state index in [-0.39, 0.29) is 6.04 Å². The van der Waals surface area contributed by atoms with Crippen LogP contribution in [0.1, 0.15) is 36.4 Å². The maximum absolute atomic E-state index is 8.91. The molecule has 0 bridgehead atoms. The van der Waals surface area contributed by atoms with Crippen molar-refractivity contribution in [3.63, 3.8) is 0 Å². The van der Waals surface area contributed by atoms with E-state index in [0.717, 1.165) is 24.8 Å². The van der Waals surface area contributed by atoms with Crippen molar-refractivity contribution in [2.24, 2.45) is 11.5 Å². The average molecular weight is 203 g/mol. The van der Waals surface area contributed by atoms with Crippen molar-refractivity contribution in [1.82, 2.24) is 0 Å². The fourth-order valence-corrected chi connectivity index (χ4v) is 1.59. The molecule has 1 rings (SSSR count). The Morgan fingerprint density at radius 1 is 1.27 bits per heavy atom. The highest BCUT2D eigenvalue weighted by atomic mass is 14.6. The van der Waals surface area contributed by atoms with Crippen molar-refractivity contribution in [2.75, 3.05) is 6.54 Å². The lowest BCUT2D eigenvalue weighted by molar-refractivity contribution is 0.590. The highest BCUT2D eigenvalue weighted by Crippen LogP contribution is 2.19. The molecule has 0 fully saturated rings. The molecule has 0 heterocycles. The molecule has 0 aliphatic rings. The van der Waals surface area contributed by atoms with Crippen LogP contribution < -0.4 is 11.5 Å². The van der Waals surface area contributed by atoms with E-state index in [1.807, 2.05) is 18.2 Å². The Morgan fingerprint density at radius 2 is 2.00 bits per heavy atom. The summed E-state index contributed by atoms with van der Waals surface area (Å²) >= 11 is 0. The molecular formula is C12H17N3. The number of unbranched alkanes of at least 4 members (excludes halogenated alkanes) is 1. The van der Waals surface area contributed by atoms with Gasteiger partial charge in [0, 0.05) is 6.04 Å². The zero-order valence-corrected chi connectivity index (χ0v) is 8.82. The topological polar surface area (TPSA) is 75.8 Å². The maximum Gasteiger partial charge on any atom is 0.0995 e. The van der Waals surface area contributed by atoms with Gasteiger partial charge in [-0.25, -0.2) is 0 Å². The van der Waals surface area contributed by atoms with Crippen molar-refractivity contribution in [3.8, 4) is 6.07 Å². The lowest BCUT2D eigenvalue weighted by atomic mass is 9.97. The number of hydrogen-bond acceptors (Lipinski definition) is 3. The summed E-state index contributed by atoms with van der Waals surface area (Å²) in [6, 6.07) is 9.61. The molecule has 0 amide bonds. The van der Waals surface area contributed by atoms with Crippen LogP contribution in [-0.4, -0.2) is 6.54 Å². The second-order valence-electron chi connectivity index (χ2n) is 3.59. The predicted octanol–water partition coefficient (Wildman–Crippen LogP) is 1.69. The third-order valence-electron chi connectivity index (χ3n) is 2.45. The van der Waals surface area contributed by atoms with E-state index in [2.05, 4.69) is 6.07 Å². The SMILES string of the molecule is N#Cc1ccccc1[C@@H](N)CCCCN. The van der Waals surface area contributed by atoms with Crippen molar-refractivity contribution in [1.29, 1.82) is 5.26 Å². The molecule has 1 aromatic carbocycles. The summed E-state index contributed by atoms with van der Waals surface area (Å²) in [4.78, 5) is 0. The van der Waals surface area contributed by atoms with Gasteiger partial charge in [0.15, 0.2) is 0 Å². The number of nitriles is 1. The van der Waals surface area contributed by atoms with E-state index in [4.69, 9.17) is 16.7 Å². The van der Waals surface area contributed by atoms with Gasteiger partial charge in [0.05, 0.1) is 11.6 Å². The number of nitrogens with zero attached hydrogens (tertiary/aromatic N) is 1. The van der Waals surface area contributed by atoms with E-state index in [1.165, 1.54) is 0 Å². The maximum atomic E-state index is 8.91. The molecule has 15 heavy (non-hydrogen) atoms. The third-order valence-corrected chi connectivity index (χ3v) is 2.45. The second kappa shape index (κ2) is 6.18. The number of rotatable bonds is 5. The van der Waals surface area contributed by atoms with E-state index in [1.54, 1.807) is 6.07 Å². The van der Waals surface area contributed by atoms with Gasteiger partial charge >= 0.3 is 0 Å². The summed E-state index contributed by atoms with van der Waals surface area (Å²) in [6.45, 7) is 0.701. The number of benzene rings is 1. The van der Waals surface area contributed by atoms with E-state index in [9.17, 15) is 0 Å². The number of hydrogen-bond donors (Lipinski definition) is 2. The van der Waals surface area contributed by atoms with Gasteiger partial charge in [0.25, 0.3) is 0 Å². The van der Waals surface area contributed by atoms with Crippen molar-refractivity contribution < 1.29 is 0 Å². The lowest BCUT2D eigenvalue weighted by Crippen LogP contribution is -2.12. The third kappa shape index (κ3) is 3.35. The fourth-order valence-electron chi connectivity index (χ4n) is 1.59. The van der Waals surface area contributed by atoms with Crippen LogP contribution in [0.15, 0.2) is 24.3 Å². The van der Waals surface area contributed by atoms with E-state index >= 15 is 0 Å². The largest absolute Gasteiger partial charge is 0.330 e. The molecule has 0 aliphatic carbocycles. The van der Waals surface area contributed by atoms with Gasteiger partial charge in [-0.2, -0.15) is 5.26 Å². The number of nitrogens with two attached hydrogens (primary N) is 2. The summed E-state index contributed by atoms with van der Waals surface area (Å²) in [5.74, 6) is 0. The molecule has 0 aromatic heterocycles. The zero-order chi connectivity index (χ0) is 11.1. The summed E-state index contributed by atoms with van der Waals surface area (Å²) in [5, 5.41) is 8.91. The molecule has 1 aromatic rings. The first-order valence-electron chi connectivity index (χ1n) is 5.24. The Kier molecular flexibility index (Phi) is 4.82. The molecular weight excluding hydrogens is 186 g/mol. The lowest BCUT2D eigenvalue weighted by Gasteiger charge is -2.12. The summed E-state index contributed by atoms with van der Waals surface area (Å²) in [6.07, 6.45) is 2.88. The molecule has 4 N–H and O–H groups in total. The smallest absolute Gasteiger partial charge is 0.0995 e. The van der Waals surface area contributed by atoms with E-state index in [0.29, 0.717) is 12.1 Å². The predicted molar refractivity (Wildman–Crippen MR) is 61.0 cm³/mol. The van der Waals surface area contributed by atoms with Crippen molar-refractivity contribution in [3.05, 3.63) is 35.4 Å². The standard InChI is InChI=1S/C12H17N3/c13-8-4-3-7-12(15)11-6-2-1-5-10(11)9-14/h1-2,5-6,12H,3-4,7-8,13,15H2/t12-/m0/s1. The summed E-state index contributed by atoms with van der Waals surface area (Å²) in [7, 11) is 0. The molecule has 0 unspecified atom stereocenters. The van der Waals surface area contributed by atoms with Crippen LogP contribution in [0.5, 0.6) is 0 Å². The quantitative estimate of drug-likeness (QED) is 0.715. The molecule has 0 saturated carbocycles. The van der Waals surface area contributed by atoms with Crippen molar-refractivity contribution >= 4 is 0 Å². The van der Waals surface area contributed by atoms with Gasteiger partial charge in [-0.05, 0) is 31.0 Å². The summed E-state index contributed by atoms with van der Waals surface area (Å²) in [5.41, 5.74) is 13.1. The normalized spacial score (nSPS) is 12.1. The van der Waals surface area contributed by atoms with Crippen LogP contribution in [0.25, 0.3) is 0 Å². The van der Waals surface area contributed by atoms with Crippen LogP contribution in [0.4, 0.5) is 0 Å². The van der Waals surface area contributed by atoms with E-state index < -0.39 is 0 Å². The molecule has 0 saturated heterocycles. The highest BCUT2D eigenvalue weighted by molar-refractivity contribution is 5.39. The first-order chi connectivity index (χ1) is 7.29.